The number of primary amides is 1. The van der Waals surface area contributed by atoms with E-state index in [1.807, 2.05) is 31.2 Å². The van der Waals surface area contributed by atoms with Gasteiger partial charge in [0.15, 0.2) is 5.69 Å². The highest BCUT2D eigenvalue weighted by atomic mass is 32.1. The highest BCUT2D eigenvalue weighted by Gasteiger charge is 2.16. The molecule has 0 saturated carbocycles. The van der Waals surface area contributed by atoms with Crippen molar-refractivity contribution >= 4 is 28.7 Å². The third-order valence-electron chi connectivity index (χ3n) is 3.55. The zero-order chi connectivity index (χ0) is 21.1. The van der Waals surface area contributed by atoms with Gasteiger partial charge in [0.2, 0.25) is 6.41 Å². The molecule has 0 aliphatic rings. The van der Waals surface area contributed by atoms with Crippen LogP contribution in [0.15, 0.2) is 24.3 Å². The number of hydrogen-bond donors (Lipinski definition) is 3. The lowest BCUT2D eigenvalue weighted by atomic mass is 10.1. The minimum absolute atomic E-state index is 0.271. The van der Waals surface area contributed by atoms with Gasteiger partial charge in [-0.15, -0.1) is 6.42 Å². The summed E-state index contributed by atoms with van der Waals surface area (Å²) in [5.74, 6) is 2.04. The molecule has 0 aliphatic carbocycles. The molecular weight excluding hydrogens is 376 g/mol. The van der Waals surface area contributed by atoms with Crippen LogP contribution in [0.25, 0.3) is 10.6 Å². The molecule has 0 fully saturated rings. The zero-order valence-electron chi connectivity index (χ0n) is 16.3. The number of aliphatic hydroxyl groups is 1. The van der Waals surface area contributed by atoms with E-state index in [1.54, 1.807) is 14.0 Å². The van der Waals surface area contributed by atoms with Crippen molar-refractivity contribution in [3.05, 3.63) is 35.5 Å². The van der Waals surface area contributed by atoms with Gasteiger partial charge in [-0.1, -0.05) is 29.4 Å². The fourth-order valence-corrected chi connectivity index (χ4v) is 3.11. The number of terminal acetylenes is 1. The second-order valence-electron chi connectivity index (χ2n) is 6.04. The third-order valence-corrected chi connectivity index (χ3v) is 4.62. The van der Waals surface area contributed by atoms with Crippen molar-refractivity contribution < 1.29 is 14.7 Å². The van der Waals surface area contributed by atoms with Gasteiger partial charge >= 0.3 is 0 Å². The van der Waals surface area contributed by atoms with Crippen molar-refractivity contribution in [3.8, 4) is 22.9 Å². The summed E-state index contributed by atoms with van der Waals surface area (Å²) in [7, 11) is 1.69. The number of nitrogens with two attached hydrogens (primary N) is 1. The van der Waals surface area contributed by atoms with E-state index in [1.165, 1.54) is 16.2 Å². The number of benzene rings is 1. The molecule has 2 amide bonds. The number of carbonyl (C=O) groups is 2. The highest BCUT2D eigenvalue weighted by Crippen LogP contribution is 2.32. The molecule has 1 unspecified atom stereocenters. The molecule has 150 valence electrons. The first-order valence-corrected chi connectivity index (χ1v) is 9.59. The number of anilines is 1. The zero-order valence-corrected chi connectivity index (χ0v) is 17.1. The summed E-state index contributed by atoms with van der Waals surface area (Å²) in [6.07, 6.45) is 6.46. The first kappa shape index (κ1) is 23.1. The van der Waals surface area contributed by atoms with Crippen LogP contribution >= 0.6 is 11.3 Å². The molecule has 2 rings (SSSR count). The lowest BCUT2D eigenvalue weighted by molar-refractivity contribution is -0.117. The number of rotatable bonds is 8. The summed E-state index contributed by atoms with van der Waals surface area (Å²) in [4.78, 5) is 27.1. The molecule has 2 aromatic rings. The molecule has 0 bridgehead atoms. The first-order chi connectivity index (χ1) is 13.3. The second kappa shape index (κ2) is 11.7. The SMILES string of the molecule is C#Cc1cccc(-c2nc(C(N)=O)c(NCC)s2)c1.CC(O)CCN(C)C=O. The standard InChI is InChI=1S/C14H13N3OS.C6H13NO2/c1-3-9-6-5-7-10(8-9)13-17-11(12(15)18)14(19-13)16-4-2;1-6(9)3-4-7(2)5-8/h1,5-8,16H,4H2,2H3,(H2,15,18);5-6,9H,3-4H2,1-2H3. The number of aromatic nitrogens is 1. The van der Waals surface area contributed by atoms with Gasteiger partial charge in [0.05, 0.1) is 6.10 Å². The van der Waals surface area contributed by atoms with Crippen LogP contribution in [0.3, 0.4) is 0 Å². The number of amides is 2. The summed E-state index contributed by atoms with van der Waals surface area (Å²) in [6.45, 7) is 4.98. The maximum absolute atomic E-state index is 11.4. The van der Waals surface area contributed by atoms with Crippen molar-refractivity contribution in [2.75, 3.05) is 25.5 Å². The molecule has 0 spiro atoms. The molecule has 0 saturated heterocycles. The largest absolute Gasteiger partial charge is 0.393 e. The second-order valence-corrected chi connectivity index (χ2v) is 7.04. The molecule has 4 N–H and O–H groups in total. The highest BCUT2D eigenvalue weighted by molar-refractivity contribution is 7.19. The number of thiazole rings is 1. The van der Waals surface area contributed by atoms with Gasteiger partial charge in [0.1, 0.15) is 10.0 Å². The Morgan fingerprint density at radius 1 is 1.54 bits per heavy atom. The monoisotopic (exact) mass is 402 g/mol. The van der Waals surface area contributed by atoms with E-state index in [9.17, 15) is 9.59 Å². The number of nitrogens with one attached hydrogen (secondary N) is 1. The summed E-state index contributed by atoms with van der Waals surface area (Å²) in [6, 6.07) is 7.47. The van der Waals surface area contributed by atoms with Crippen molar-refractivity contribution in [3.63, 3.8) is 0 Å². The Balaban J connectivity index is 0.000000370. The summed E-state index contributed by atoms with van der Waals surface area (Å²) < 4.78 is 0. The van der Waals surface area contributed by atoms with Crippen LogP contribution in [0.4, 0.5) is 5.00 Å². The number of hydrogen-bond acceptors (Lipinski definition) is 6. The van der Waals surface area contributed by atoms with E-state index in [2.05, 4.69) is 16.2 Å². The van der Waals surface area contributed by atoms with Crippen LogP contribution in [0.5, 0.6) is 0 Å². The van der Waals surface area contributed by atoms with Crippen LogP contribution in [0, 0.1) is 12.3 Å². The molecule has 8 heteroatoms. The fraction of sp³-hybridized carbons (Fsp3) is 0.350. The van der Waals surface area contributed by atoms with Gasteiger partial charge in [-0.2, -0.15) is 0 Å². The van der Waals surface area contributed by atoms with E-state index in [-0.39, 0.29) is 11.8 Å². The first-order valence-electron chi connectivity index (χ1n) is 8.77. The van der Waals surface area contributed by atoms with E-state index in [0.717, 1.165) is 22.5 Å². The van der Waals surface area contributed by atoms with Gasteiger partial charge in [-0.3, -0.25) is 9.59 Å². The van der Waals surface area contributed by atoms with Crippen molar-refractivity contribution in [1.82, 2.24) is 9.88 Å². The maximum Gasteiger partial charge on any atom is 0.270 e. The van der Waals surface area contributed by atoms with Gasteiger partial charge in [0, 0.05) is 31.3 Å². The minimum atomic E-state index is -0.536. The molecular formula is C20H26N4O3S. The maximum atomic E-state index is 11.4. The van der Waals surface area contributed by atoms with Gasteiger partial charge in [0.25, 0.3) is 5.91 Å². The third kappa shape index (κ3) is 7.39. The Kier molecular flexibility index (Phi) is 9.71. The quantitative estimate of drug-likeness (QED) is 0.463. The summed E-state index contributed by atoms with van der Waals surface area (Å²) in [5, 5.41) is 13.3. The Hall–Kier alpha value is -2.89. The molecule has 0 aliphatic heterocycles. The average molecular weight is 403 g/mol. The van der Waals surface area contributed by atoms with E-state index < -0.39 is 5.91 Å². The van der Waals surface area contributed by atoms with Crippen molar-refractivity contribution in [1.29, 1.82) is 0 Å². The molecule has 1 atom stereocenters. The average Bonchev–Trinajstić information content (AvgIpc) is 3.11. The summed E-state index contributed by atoms with van der Waals surface area (Å²) in [5.41, 5.74) is 7.25. The molecule has 28 heavy (non-hydrogen) atoms. The Morgan fingerprint density at radius 3 is 2.79 bits per heavy atom. The van der Waals surface area contributed by atoms with Crippen LogP contribution in [-0.4, -0.2) is 53.5 Å². The van der Waals surface area contributed by atoms with E-state index >= 15 is 0 Å². The van der Waals surface area contributed by atoms with Gasteiger partial charge in [-0.25, -0.2) is 4.98 Å². The molecule has 0 radical (unpaired) electrons. The van der Waals surface area contributed by atoms with Crippen LogP contribution in [-0.2, 0) is 4.79 Å². The van der Waals surface area contributed by atoms with Gasteiger partial charge in [-0.05, 0) is 32.4 Å². The number of carbonyl (C=O) groups excluding carboxylic acids is 2. The molecule has 1 heterocycles. The Labute approximate surface area is 169 Å². The number of aliphatic hydroxyl groups excluding tert-OH is 1. The minimum Gasteiger partial charge on any atom is -0.393 e. The van der Waals surface area contributed by atoms with Gasteiger partial charge < -0.3 is 21.1 Å². The fourth-order valence-electron chi connectivity index (χ4n) is 2.08. The predicted octanol–water partition coefficient (Wildman–Crippen LogP) is 2.17. The Bertz CT molecular complexity index is 827. The van der Waals surface area contributed by atoms with Crippen molar-refractivity contribution in [2.24, 2.45) is 5.73 Å². The summed E-state index contributed by atoms with van der Waals surface area (Å²) >= 11 is 1.39. The number of nitrogens with zero attached hydrogens (tertiary/aromatic N) is 2. The normalized spacial score (nSPS) is 10.8. The lowest BCUT2D eigenvalue weighted by Crippen LogP contribution is -2.20. The predicted molar refractivity (Wildman–Crippen MR) is 113 cm³/mol. The molecule has 1 aromatic carbocycles. The van der Waals surface area contributed by atoms with Crippen molar-refractivity contribution in [2.45, 2.75) is 26.4 Å². The van der Waals surface area contributed by atoms with E-state index in [4.69, 9.17) is 17.3 Å². The Morgan fingerprint density at radius 2 is 2.25 bits per heavy atom. The molecule has 7 nitrogen and oxygen atoms in total. The molecule has 1 aromatic heterocycles. The topological polar surface area (TPSA) is 109 Å². The van der Waals surface area contributed by atoms with Crippen LogP contribution in [0.1, 0.15) is 36.3 Å². The van der Waals surface area contributed by atoms with E-state index in [0.29, 0.717) is 24.5 Å². The lowest BCUT2D eigenvalue weighted by Gasteiger charge is -2.10. The van der Waals surface area contributed by atoms with Crippen LogP contribution < -0.4 is 11.1 Å². The smallest absolute Gasteiger partial charge is 0.270 e. The van der Waals surface area contributed by atoms with Crippen LogP contribution in [0.2, 0.25) is 0 Å².